The number of hydrogen-bond donors (Lipinski definition) is 2. The van der Waals surface area contributed by atoms with Gasteiger partial charge in [0.15, 0.2) is 0 Å². The monoisotopic (exact) mass is 262 g/mol. The van der Waals surface area contributed by atoms with Crippen LogP contribution < -0.4 is 15.8 Å². The Bertz CT molecular complexity index is 551. The summed E-state index contributed by atoms with van der Waals surface area (Å²) < 4.78 is 5.22. The number of amides is 1. The normalized spacial score (nSPS) is 10.1. The predicted octanol–water partition coefficient (Wildman–Crippen LogP) is 2.27. The highest BCUT2D eigenvalue weighted by atomic mass is 32.1. The van der Waals surface area contributed by atoms with Crippen molar-refractivity contribution in [2.75, 3.05) is 12.8 Å². The molecule has 0 aliphatic rings. The van der Waals surface area contributed by atoms with Crippen molar-refractivity contribution in [3.8, 4) is 5.75 Å². The second-order valence-corrected chi connectivity index (χ2v) is 4.62. The molecule has 0 spiro atoms. The first-order valence-electron chi connectivity index (χ1n) is 5.45. The van der Waals surface area contributed by atoms with Crippen LogP contribution in [0.1, 0.15) is 15.2 Å². The summed E-state index contributed by atoms with van der Waals surface area (Å²) in [5.41, 5.74) is 7.14. The van der Waals surface area contributed by atoms with Crippen LogP contribution in [-0.2, 0) is 6.54 Å². The molecule has 1 aromatic carbocycles. The number of ether oxygens (including phenoxy) is 1. The summed E-state index contributed by atoms with van der Waals surface area (Å²) >= 11 is 1.33. The van der Waals surface area contributed by atoms with E-state index in [-0.39, 0.29) is 5.91 Å². The fraction of sp³-hybridized carbons (Fsp3) is 0.154. The molecule has 3 N–H and O–H groups in total. The Labute approximate surface area is 109 Å². The molecule has 5 heteroatoms. The number of methoxy groups -OCH3 is 1. The van der Waals surface area contributed by atoms with Crippen molar-refractivity contribution in [3.63, 3.8) is 0 Å². The molecule has 0 radical (unpaired) electrons. The lowest BCUT2D eigenvalue weighted by Gasteiger charge is -2.09. The van der Waals surface area contributed by atoms with Gasteiger partial charge in [0.1, 0.15) is 10.6 Å². The molecule has 94 valence electrons. The Morgan fingerprint density at radius 1 is 1.39 bits per heavy atom. The van der Waals surface area contributed by atoms with Gasteiger partial charge in [-0.2, -0.15) is 0 Å². The Kier molecular flexibility index (Phi) is 3.84. The molecule has 0 aliphatic heterocycles. The van der Waals surface area contributed by atoms with E-state index in [0.717, 1.165) is 11.3 Å². The molecule has 2 aromatic rings. The number of rotatable bonds is 4. The standard InChI is InChI=1S/C13H14N2O2S/c1-17-11-5-3-2-4-9(11)8-15-13(16)12-10(14)6-7-18-12/h2-7H,8,14H2,1H3,(H,15,16). The number of thiophene rings is 1. The number of carbonyl (C=O) groups excluding carboxylic acids is 1. The first-order chi connectivity index (χ1) is 8.72. The van der Waals surface area contributed by atoms with Crippen LogP contribution in [0, 0.1) is 0 Å². The second-order valence-electron chi connectivity index (χ2n) is 3.70. The third-order valence-corrected chi connectivity index (χ3v) is 3.46. The number of para-hydroxylation sites is 1. The van der Waals surface area contributed by atoms with Crippen LogP contribution in [-0.4, -0.2) is 13.0 Å². The highest BCUT2D eigenvalue weighted by molar-refractivity contribution is 7.12. The number of nitrogens with two attached hydrogens (primary N) is 1. The largest absolute Gasteiger partial charge is 0.496 e. The Morgan fingerprint density at radius 2 is 2.17 bits per heavy atom. The average Bonchev–Trinajstić information content (AvgIpc) is 2.82. The zero-order valence-electron chi connectivity index (χ0n) is 9.97. The molecule has 0 fully saturated rings. The summed E-state index contributed by atoms with van der Waals surface area (Å²) in [5, 5.41) is 4.63. The fourth-order valence-corrected chi connectivity index (χ4v) is 2.34. The fourth-order valence-electron chi connectivity index (χ4n) is 1.61. The summed E-state index contributed by atoms with van der Waals surface area (Å²) in [4.78, 5) is 12.4. The van der Waals surface area contributed by atoms with E-state index in [1.807, 2.05) is 24.3 Å². The molecular formula is C13H14N2O2S. The van der Waals surface area contributed by atoms with Gasteiger partial charge >= 0.3 is 0 Å². The summed E-state index contributed by atoms with van der Waals surface area (Å²) in [5.74, 6) is 0.602. The number of nitrogens with one attached hydrogen (secondary N) is 1. The maximum Gasteiger partial charge on any atom is 0.263 e. The second kappa shape index (κ2) is 5.55. The first-order valence-corrected chi connectivity index (χ1v) is 6.33. The van der Waals surface area contributed by atoms with E-state index < -0.39 is 0 Å². The van der Waals surface area contributed by atoms with Gasteiger partial charge in [-0.3, -0.25) is 4.79 Å². The van der Waals surface area contributed by atoms with Crippen LogP contribution in [0.15, 0.2) is 35.7 Å². The van der Waals surface area contributed by atoms with Crippen LogP contribution >= 0.6 is 11.3 Å². The molecule has 0 unspecified atom stereocenters. The highest BCUT2D eigenvalue weighted by Gasteiger charge is 2.11. The summed E-state index contributed by atoms with van der Waals surface area (Å²) in [7, 11) is 1.61. The molecular weight excluding hydrogens is 248 g/mol. The van der Waals surface area contributed by atoms with E-state index in [9.17, 15) is 4.79 Å². The van der Waals surface area contributed by atoms with Gasteiger partial charge in [-0.05, 0) is 17.5 Å². The maximum atomic E-state index is 11.9. The molecule has 2 rings (SSSR count). The van der Waals surface area contributed by atoms with Crippen molar-refractivity contribution < 1.29 is 9.53 Å². The number of anilines is 1. The van der Waals surface area contributed by atoms with Gasteiger partial charge in [0.05, 0.1) is 12.8 Å². The first kappa shape index (κ1) is 12.4. The van der Waals surface area contributed by atoms with Gasteiger partial charge in [-0.15, -0.1) is 11.3 Å². The number of nitrogen functional groups attached to an aromatic ring is 1. The van der Waals surface area contributed by atoms with Crippen LogP contribution in [0.25, 0.3) is 0 Å². The molecule has 0 bridgehead atoms. The summed E-state index contributed by atoms with van der Waals surface area (Å²) in [6.45, 7) is 0.417. The van der Waals surface area contributed by atoms with Crippen LogP contribution in [0.4, 0.5) is 5.69 Å². The SMILES string of the molecule is COc1ccccc1CNC(=O)c1sccc1N. The van der Waals surface area contributed by atoms with Crippen molar-refractivity contribution in [2.24, 2.45) is 0 Å². The number of carbonyl (C=O) groups is 1. The van der Waals surface area contributed by atoms with Crippen LogP contribution in [0.5, 0.6) is 5.75 Å². The smallest absolute Gasteiger partial charge is 0.263 e. The molecule has 0 aliphatic carbocycles. The third kappa shape index (κ3) is 2.62. The van der Waals surface area contributed by atoms with Gasteiger partial charge in [-0.25, -0.2) is 0 Å². The van der Waals surface area contributed by atoms with Gasteiger partial charge in [0, 0.05) is 12.1 Å². The lowest BCUT2D eigenvalue weighted by atomic mass is 10.2. The minimum Gasteiger partial charge on any atom is -0.496 e. The highest BCUT2D eigenvalue weighted by Crippen LogP contribution is 2.20. The number of hydrogen-bond acceptors (Lipinski definition) is 4. The van der Waals surface area contributed by atoms with E-state index in [0.29, 0.717) is 17.1 Å². The minimum absolute atomic E-state index is 0.159. The molecule has 18 heavy (non-hydrogen) atoms. The van der Waals surface area contributed by atoms with Crippen LogP contribution in [0.2, 0.25) is 0 Å². The van der Waals surface area contributed by atoms with Crippen molar-refractivity contribution in [1.82, 2.24) is 5.32 Å². The maximum absolute atomic E-state index is 11.9. The summed E-state index contributed by atoms with van der Waals surface area (Å²) in [6, 6.07) is 9.30. The molecule has 0 atom stereocenters. The van der Waals surface area contributed by atoms with Gasteiger partial charge in [0.25, 0.3) is 5.91 Å². The van der Waals surface area contributed by atoms with Crippen molar-refractivity contribution in [3.05, 3.63) is 46.2 Å². The molecule has 1 amide bonds. The van der Waals surface area contributed by atoms with E-state index in [1.54, 1.807) is 18.6 Å². The minimum atomic E-state index is -0.159. The van der Waals surface area contributed by atoms with Crippen molar-refractivity contribution in [2.45, 2.75) is 6.54 Å². The topological polar surface area (TPSA) is 64.3 Å². The van der Waals surface area contributed by atoms with E-state index >= 15 is 0 Å². The van der Waals surface area contributed by atoms with E-state index in [4.69, 9.17) is 10.5 Å². The zero-order valence-corrected chi connectivity index (χ0v) is 10.8. The average molecular weight is 262 g/mol. The molecule has 0 saturated carbocycles. The Hall–Kier alpha value is -2.01. The van der Waals surface area contributed by atoms with Crippen molar-refractivity contribution in [1.29, 1.82) is 0 Å². The van der Waals surface area contributed by atoms with Gasteiger partial charge in [-0.1, -0.05) is 18.2 Å². The number of benzene rings is 1. The zero-order chi connectivity index (χ0) is 13.0. The molecule has 1 aromatic heterocycles. The Morgan fingerprint density at radius 3 is 2.83 bits per heavy atom. The van der Waals surface area contributed by atoms with E-state index in [1.165, 1.54) is 11.3 Å². The summed E-state index contributed by atoms with van der Waals surface area (Å²) in [6.07, 6.45) is 0. The lowest BCUT2D eigenvalue weighted by Crippen LogP contribution is -2.22. The van der Waals surface area contributed by atoms with Gasteiger partial charge in [0.2, 0.25) is 0 Å². The molecule has 4 nitrogen and oxygen atoms in total. The quantitative estimate of drug-likeness (QED) is 0.888. The molecule has 1 heterocycles. The van der Waals surface area contributed by atoms with Gasteiger partial charge < -0.3 is 15.8 Å². The third-order valence-electron chi connectivity index (χ3n) is 2.53. The van der Waals surface area contributed by atoms with E-state index in [2.05, 4.69) is 5.32 Å². The Balaban J connectivity index is 2.04. The molecule has 0 saturated heterocycles. The predicted molar refractivity (Wildman–Crippen MR) is 72.9 cm³/mol. The lowest BCUT2D eigenvalue weighted by molar-refractivity contribution is 0.0955. The van der Waals surface area contributed by atoms with Crippen molar-refractivity contribution >= 4 is 22.9 Å². The van der Waals surface area contributed by atoms with Crippen LogP contribution in [0.3, 0.4) is 0 Å².